The number of aryl methyl sites for hydroxylation is 2. The first-order chi connectivity index (χ1) is 17.2. The maximum atomic E-state index is 13.7. The second kappa shape index (κ2) is 13.3. The first-order valence-corrected chi connectivity index (χ1v) is 13.1. The van der Waals surface area contributed by atoms with Crippen LogP contribution in [0.2, 0.25) is 0 Å². The number of ether oxygens (including phenoxy) is 1. The Morgan fingerprint density at radius 2 is 1.67 bits per heavy atom. The molecule has 3 rings (SSSR count). The summed E-state index contributed by atoms with van der Waals surface area (Å²) in [5.74, 6) is 0.571. The number of amides is 2. The normalized spacial score (nSPS) is 11.7. The van der Waals surface area contributed by atoms with Gasteiger partial charge in [0, 0.05) is 24.0 Å². The number of carbonyl (C=O) groups excluding carboxylic acids is 2. The molecule has 1 unspecified atom stereocenters. The van der Waals surface area contributed by atoms with Gasteiger partial charge in [-0.3, -0.25) is 9.59 Å². The van der Waals surface area contributed by atoms with E-state index in [1.165, 1.54) is 0 Å². The largest absolute Gasteiger partial charge is 0.483 e. The molecule has 0 fully saturated rings. The number of benzene rings is 3. The molecule has 0 spiro atoms. The van der Waals surface area contributed by atoms with Crippen molar-refractivity contribution < 1.29 is 14.3 Å². The van der Waals surface area contributed by atoms with Gasteiger partial charge in [0.15, 0.2) is 6.61 Å². The molecule has 0 bridgehead atoms. The number of rotatable bonds is 11. The Morgan fingerprint density at radius 1 is 0.944 bits per heavy atom. The highest BCUT2D eigenvalue weighted by Crippen LogP contribution is 2.21. The van der Waals surface area contributed by atoms with E-state index in [2.05, 4.69) is 35.1 Å². The van der Waals surface area contributed by atoms with Crippen molar-refractivity contribution in [1.29, 1.82) is 0 Å². The van der Waals surface area contributed by atoms with E-state index >= 15 is 0 Å². The van der Waals surface area contributed by atoms with Crippen LogP contribution in [0.3, 0.4) is 0 Å². The van der Waals surface area contributed by atoms with Gasteiger partial charge in [-0.2, -0.15) is 0 Å². The SMILES string of the molecule is Cc1ccc(C)c(OCC(=O)N(Cc2cccc(Br)c2)C(Cc2ccccc2)C(=O)NCC(C)C)c1. The van der Waals surface area contributed by atoms with Crippen LogP contribution in [0.25, 0.3) is 0 Å². The van der Waals surface area contributed by atoms with Gasteiger partial charge in [-0.1, -0.05) is 84.4 Å². The van der Waals surface area contributed by atoms with Crippen LogP contribution in [0.15, 0.2) is 77.3 Å². The van der Waals surface area contributed by atoms with Gasteiger partial charge in [-0.05, 0) is 60.2 Å². The smallest absolute Gasteiger partial charge is 0.261 e. The standard InChI is InChI=1S/C30H35BrN2O3/c1-21(2)18-32-30(35)27(17-24-9-6-5-7-10-24)33(19-25-11-8-12-26(31)16-25)29(34)20-36-28-15-22(3)13-14-23(28)4/h5-16,21,27H,17-20H2,1-4H3,(H,32,35). The van der Waals surface area contributed by atoms with E-state index in [0.29, 0.717) is 31.2 Å². The monoisotopic (exact) mass is 550 g/mol. The number of hydrogen-bond acceptors (Lipinski definition) is 3. The second-order valence-electron chi connectivity index (χ2n) is 9.55. The molecule has 0 heterocycles. The minimum absolute atomic E-state index is 0.152. The van der Waals surface area contributed by atoms with Crippen molar-refractivity contribution in [1.82, 2.24) is 10.2 Å². The minimum atomic E-state index is -0.681. The van der Waals surface area contributed by atoms with Crippen LogP contribution in [-0.4, -0.2) is 35.9 Å². The van der Waals surface area contributed by atoms with E-state index in [4.69, 9.17) is 4.74 Å². The zero-order valence-electron chi connectivity index (χ0n) is 21.5. The minimum Gasteiger partial charge on any atom is -0.483 e. The average Bonchev–Trinajstić information content (AvgIpc) is 2.85. The summed E-state index contributed by atoms with van der Waals surface area (Å²) in [6.07, 6.45) is 0.411. The molecular weight excluding hydrogens is 516 g/mol. The predicted octanol–water partition coefficient (Wildman–Crippen LogP) is 5.86. The second-order valence-corrected chi connectivity index (χ2v) is 10.5. The molecular formula is C30H35BrN2O3. The van der Waals surface area contributed by atoms with Crippen molar-refractivity contribution in [2.24, 2.45) is 5.92 Å². The number of nitrogens with one attached hydrogen (secondary N) is 1. The van der Waals surface area contributed by atoms with Gasteiger partial charge in [0.25, 0.3) is 5.91 Å². The van der Waals surface area contributed by atoms with Crippen molar-refractivity contribution in [3.8, 4) is 5.75 Å². The van der Waals surface area contributed by atoms with Crippen LogP contribution in [0, 0.1) is 19.8 Å². The summed E-state index contributed by atoms with van der Waals surface area (Å²) in [5, 5.41) is 3.04. The Balaban J connectivity index is 1.92. The van der Waals surface area contributed by atoms with E-state index in [-0.39, 0.29) is 18.4 Å². The van der Waals surface area contributed by atoms with Crippen LogP contribution in [0.5, 0.6) is 5.75 Å². The predicted molar refractivity (Wildman–Crippen MR) is 148 cm³/mol. The Labute approximate surface area is 223 Å². The highest BCUT2D eigenvalue weighted by Gasteiger charge is 2.31. The Morgan fingerprint density at radius 3 is 2.36 bits per heavy atom. The van der Waals surface area contributed by atoms with Gasteiger partial charge < -0.3 is 15.0 Å². The fraction of sp³-hybridized carbons (Fsp3) is 0.333. The summed E-state index contributed by atoms with van der Waals surface area (Å²) in [4.78, 5) is 28.8. The molecule has 1 N–H and O–H groups in total. The highest BCUT2D eigenvalue weighted by molar-refractivity contribution is 9.10. The maximum Gasteiger partial charge on any atom is 0.261 e. The Hall–Kier alpha value is -3.12. The quantitative estimate of drug-likeness (QED) is 0.325. The fourth-order valence-corrected chi connectivity index (χ4v) is 4.34. The zero-order valence-corrected chi connectivity index (χ0v) is 23.0. The van der Waals surface area contributed by atoms with Crippen molar-refractivity contribution in [3.05, 3.63) is 99.5 Å². The first-order valence-electron chi connectivity index (χ1n) is 12.3. The third-order valence-corrected chi connectivity index (χ3v) is 6.39. The molecule has 0 saturated carbocycles. The molecule has 3 aromatic rings. The number of halogens is 1. The van der Waals surface area contributed by atoms with Crippen molar-refractivity contribution in [3.63, 3.8) is 0 Å². The van der Waals surface area contributed by atoms with E-state index in [0.717, 1.165) is 26.7 Å². The molecule has 0 aromatic heterocycles. The summed E-state index contributed by atoms with van der Waals surface area (Å²) in [5.41, 5.74) is 3.94. The topological polar surface area (TPSA) is 58.6 Å². The lowest BCUT2D eigenvalue weighted by Gasteiger charge is -2.32. The van der Waals surface area contributed by atoms with Crippen LogP contribution >= 0.6 is 15.9 Å². The first kappa shape index (κ1) is 27.5. The Kier molecular flexibility index (Phi) is 10.1. The summed E-state index contributed by atoms with van der Waals surface area (Å²) >= 11 is 3.52. The molecule has 6 heteroatoms. The fourth-order valence-electron chi connectivity index (χ4n) is 3.89. The zero-order chi connectivity index (χ0) is 26.1. The van der Waals surface area contributed by atoms with Gasteiger partial charge in [0.05, 0.1) is 0 Å². The molecule has 5 nitrogen and oxygen atoms in total. The lowest BCUT2D eigenvalue weighted by Crippen LogP contribution is -2.52. The third kappa shape index (κ3) is 8.23. The maximum absolute atomic E-state index is 13.7. The van der Waals surface area contributed by atoms with E-state index in [1.54, 1.807) is 4.90 Å². The molecule has 190 valence electrons. The lowest BCUT2D eigenvalue weighted by molar-refractivity contribution is -0.142. The molecule has 0 radical (unpaired) electrons. The van der Waals surface area contributed by atoms with Crippen molar-refractivity contribution in [2.75, 3.05) is 13.2 Å². The van der Waals surface area contributed by atoms with E-state index < -0.39 is 6.04 Å². The van der Waals surface area contributed by atoms with Gasteiger partial charge >= 0.3 is 0 Å². The number of carbonyl (C=O) groups is 2. The van der Waals surface area contributed by atoms with Crippen molar-refractivity contribution in [2.45, 2.75) is 46.7 Å². The number of nitrogens with zero attached hydrogens (tertiary/aromatic N) is 1. The molecule has 0 saturated heterocycles. The molecule has 3 aromatic carbocycles. The average molecular weight is 552 g/mol. The third-order valence-electron chi connectivity index (χ3n) is 5.89. The summed E-state index contributed by atoms with van der Waals surface area (Å²) < 4.78 is 6.89. The molecule has 1 atom stereocenters. The number of hydrogen-bond donors (Lipinski definition) is 1. The van der Waals surface area contributed by atoms with Gasteiger partial charge in [-0.25, -0.2) is 0 Å². The Bertz CT molecular complexity index is 1160. The summed E-state index contributed by atoms with van der Waals surface area (Å²) in [6.45, 7) is 8.73. The molecule has 0 aliphatic rings. The van der Waals surface area contributed by atoms with Crippen molar-refractivity contribution >= 4 is 27.7 Å². The molecule has 0 aliphatic heterocycles. The van der Waals surface area contributed by atoms with E-state index in [9.17, 15) is 9.59 Å². The molecule has 0 aliphatic carbocycles. The van der Waals surface area contributed by atoms with Gasteiger partial charge in [0.2, 0.25) is 5.91 Å². The molecule has 2 amide bonds. The van der Waals surface area contributed by atoms with Gasteiger partial charge in [0.1, 0.15) is 11.8 Å². The molecule has 36 heavy (non-hydrogen) atoms. The summed E-state index contributed by atoms with van der Waals surface area (Å²) in [6, 6.07) is 22.8. The van der Waals surface area contributed by atoms with E-state index in [1.807, 2.05) is 86.6 Å². The highest BCUT2D eigenvalue weighted by atomic mass is 79.9. The van der Waals surface area contributed by atoms with Gasteiger partial charge in [-0.15, -0.1) is 0 Å². The van der Waals surface area contributed by atoms with Crippen LogP contribution in [0.1, 0.15) is 36.1 Å². The van der Waals surface area contributed by atoms with Crippen LogP contribution in [0.4, 0.5) is 0 Å². The summed E-state index contributed by atoms with van der Waals surface area (Å²) in [7, 11) is 0. The van der Waals surface area contributed by atoms with Crippen LogP contribution in [-0.2, 0) is 22.6 Å². The van der Waals surface area contributed by atoms with Crippen LogP contribution < -0.4 is 10.1 Å². The lowest BCUT2D eigenvalue weighted by atomic mass is 10.0.